The lowest BCUT2D eigenvalue weighted by molar-refractivity contribution is 0.247. The van der Waals surface area contributed by atoms with Gasteiger partial charge in [0.05, 0.1) is 5.69 Å². The second kappa shape index (κ2) is 6.02. The fourth-order valence-electron chi connectivity index (χ4n) is 1.64. The van der Waals surface area contributed by atoms with Crippen LogP contribution in [0, 0.1) is 0 Å². The Balaban J connectivity index is 2.03. The molecule has 94 valence electrons. The van der Waals surface area contributed by atoms with Crippen LogP contribution < -0.4 is 10.5 Å². The summed E-state index contributed by atoms with van der Waals surface area (Å²) >= 11 is 0. The highest BCUT2D eigenvalue weighted by Crippen LogP contribution is 2.20. The van der Waals surface area contributed by atoms with E-state index in [2.05, 4.69) is 11.7 Å². The average Bonchev–Trinajstić information content (AvgIpc) is 2.86. The lowest BCUT2D eigenvalue weighted by Gasteiger charge is -2.08. The summed E-state index contributed by atoms with van der Waals surface area (Å²) in [4.78, 5) is 0. The first kappa shape index (κ1) is 12.4. The minimum atomic E-state index is 0.348. The van der Waals surface area contributed by atoms with Crippen LogP contribution in [0.15, 0.2) is 47.5 Å². The van der Waals surface area contributed by atoms with E-state index >= 15 is 0 Å². The number of ether oxygens (including phenoxy) is 1. The van der Waals surface area contributed by atoms with Gasteiger partial charge in [0.25, 0.3) is 0 Å². The maximum Gasteiger partial charge on any atom is 0.174 e. The van der Waals surface area contributed by atoms with E-state index in [0.29, 0.717) is 18.9 Å². The van der Waals surface area contributed by atoms with Crippen molar-refractivity contribution in [2.75, 3.05) is 0 Å². The number of rotatable bonds is 6. The van der Waals surface area contributed by atoms with Crippen molar-refractivity contribution in [1.29, 1.82) is 0 Å². The molecule has 0 amide bonds. The first-order valence-electron chi connectivity index (χ1n) is 5.79. The minimum absolute atomic E-state index is 0.348. The van der Waals surface area contributed by atoms with Gasteiger partial charge in [-0.15, -0.1) is 6.58 Å². The quantitative estimate of drug-likeness (QED) is 0.793. The highest BCUT2D eigenvalue weighted by molar-refractivity contribution is 5.34. The third kappa shape index (κ3) is 2.99. The highest BCUT2D eigenvalue weighted by Gasteiger charge is 2.05. The van der Waals surface area contributed by atoms with Crippen molar-refractivity contribution in [2.45, 2.75) is 19.6 Å². The number of aromatic nitrogens is 1. The summed E-state index contributed by atoms with van der Waals surface area (Å²) < 4.78 is 10.8. The third-order valence-electron chi connectivity index (χ3n) is 2.52. The number of hydrogen-bond donors (Lipinski definition) is 1. The predicted octanol–water partition coefficient (Wildman–Crippen LogP) is 2.44. The normalized spacial score (nSPS) is 10.3. The zero-order chi connectivity index (χ0) is 12.8. The van der Waals surface area contributed by atoms with E-state index in [0.717, 1.165) is 23.4 Å². The Morgan fingerprint density at radius 3 is 2.94 bits per heavy atom. The molecule has 1 heterocycles. The van der Waals surface area contributed by atoms with Gasteiger partial charge in [-0.05, 0) is 18.1 Å². The Labute approximate surface area is 106 Å². The van der Waals surface area contributed by atoms with Crippen molar-refractivity contribution < 1.29 is 9.26 Å². The Bertz CT molecular complexity index is 520. The van der Waals surface area contributed by atoms with Gasteiger partial charge in [0.15, 0.2) is 5.76 Å². The molecule has 4 heteroatoms. The fraction of sp³-hybridized carbons (Fsp3) is 0.214. The zero-order valence-corrected chi connectivity index (χ0v) is 10.1. The van der Waals surface area contributed by atoms with Crippen molar-refractivity contribution in [3.63, 3.8) is 0 Å². The van der Waals surface area contributed by atoms with Crippen molar-refractivity contribution in [3.05, 3.63) is 60.0 Å². The molecule has 2 rings (SSSR count). The van der Waals surface area contributed by atoms with Gasteiger partial charge in [-0.1, -0.05) is 29.4 Å². The van der Waals surface area contributed by atoms with Crippen LogP contribution in [-0.2, 0) is 19.6 Å². The molecule has 0 atom stereocenters. The van der Waals surface area contributed by atoms with E-state index in [9.17, 15) is 0 Å². The number of para-hydroxylation sites is 1. The SMILES string of the molecule is C=CCc1ccccc1OCc1cc(CN)no1. The fourth-order valence-corrected chi connectivity index (χ4v) is 1.64. The smallest absolute Gasteiger partial charge is 0.174 e. The second-order valence-electron chi connectivity index (χ2n) is 3.88. The van der Waals surface area contributed by atoms with Crippen LogP contribution in [-0.4, -0.2) is 5.16 Å². The topological polar surface area (TPSA) is 61.3 Å². The summed E-state index contributed by atoms with van der Waals surface area (Å²) in [5, 5.41) is 3.81. The molecule has 0 bridgehead atoms. The summed E-state index contributed by atoms with van der Waals surface area (Å²) in [6, 6.07) is 9.66. The van der Waals surface area contributed by atoms with Crippen molar-refractivity contribution in [3.8, 4) is 5.75 Å². The Morgan fingerprint density at radius 1 is 1.39 bits per heavy atom. The van der Waals surface area contributed by atoms with Crippen molar-refractivity contribution in [2.24, 2.45) is 5.73 Å². The van der Waals surface area contributed by atoms with Crippen LogP contribution in [0.5, 0.6) is 5.75 Å². The van der Waals surface area contributed by atoms with Crippen LogP contribution >= 0.6 is 0 Å². The monoisotopic (exact) mass is 244 g/mol. The van der Waals surface area contributed by atoms with E-state index < -0.39 is 0 Å². The molecule has 2 N–H and O–H groups in total. The van der Waals surface area contributed by atoms with Crippen LogP contribution in [0.1, 0.15) is 17.0 Å². The van der Waals surface area contributed by atoms with Crippen LogP contribution in [0.3, 0.4) is 0 Å². The molecule has 18 heavy (non-hydrogen) atoms. The lowest BCUT2D eigenvalue weighted by atomic mass is 10.1. The van der Waals surface area contributed by atoms with Gasteiger partial charge >= 0.3 is 0 Å². The Kier molecular flexibility index (Phi) is 4.15. The molecule has 1 aromatic carbocycles. The third-order valence-corrected chi connectivity index (χ3v) is 2.52. The number of allylic oxidation sites excluding steroid dienone is 1. The van der Waals surface area contributed by atoms with Crippen LogP contribution in [0.2, 0.25) is 0 Å². The number of nitrogens with two attached hydrogens (primary N) is 1. The van der Waals surface area contributed by atoms with E-state index in [4.69, 9.17) is 15.0 Å². The molecule has 0 saturated heterocycles. The summed E-state index contributed by atoms with van der Waals surface area (Å²) in [5.74, 6) is 1.51. The molecular weight excluding hydrogens is 228 g/mol. The zero-order valence-electron chi connectivity index (χ0n) is 10.1. The summed E-state index contributed by atoms with van der Waals surface area (Å²) in [7, 11) is 0. The molecule has 1 aromatic heterocycles. The van der Waals surface area contributed by atoms with Crippen molar-refractivity contribution in [1.82, 2.24) is 5.16 Å². The van der Waals surface area contributed by atoms with Gasteiger partial charge in [0, 0.05) is 12.6 Å². The molecule has 0 fully saturated rings. The molecule has 0 radical (unpaired) electrons. The molecule has 0 aliphatic carbocycles. The lowest BCUT2D eigenvalue weighted by Crippen LogP contribution is -1.97. The van der Waals surface area contributed by atoms with Gasteiger partial charge < -0.3 is 15.0 Å². The standard InChI is InChI=1S/C14H16N2O2/c1-2-5-11-6-3-4-7-14(11)17-10-13-8-12(9-15)16-18-13/h2-4,6-8H,1,5,9-10,15H2. The summed E-state index contributed by atoms with van der Waals surface area (Å²) in [5.41, 5.74) is 7.29. The molecule has 2 aromatic rings. The predicted molar refractivity (Wildman–Crippen MR) is 69.1 cm³/mol. The maximum absolute atomic E-state index is 5.71. The van der Waals surface area contributed by atoms with Crippen LogP contribution in [0.25, 0.3) is 0 Å². The van der Waals surface area contributed by atoms with E-state index in [1.165, 1.54) is 0 Å². The van der Waals surface area contributed by atoms with E-state index in [-0.39, 0.29) is 0 Å². The maximum atomic E-state index is 5.71. The van der Waals surface area contributed by atoms with E-state index in [1.54, 1.807) is 6.07 Å². The largest absolute Gasteiger partial charge is 0.485 e. The molecule has 4 nitrogen and oxygen atoms in total. The average molecular weight is 244 g/mol. The molecule has 0 saturated carbocycles. The number of nitrogens with zero attached hydrogens (tertiary/aromatic N) is 1. The molecule has 0 spiro atoms. The first-order valence-corrected chi connectivity index (χ1v) is 5.79. The second-order valence-corrected chi connectivity index (χ2v) is 3.88. The molecule has 0 aliphatic rings. The molecule has 0 aliphatic heterocycles. The number of hydrogen-bond acceptors (Lipinski definition) is 4. The number of benzene rings is 1. The summed E-state index contributed by atoms with van der Waals surface area (Å²) in [6.07, 6.45) is 2.63. The minimum Gasteiger partial charge on any atom is -0.485 e. The Hall–Kier alpha value is -2.07. The van der Waals surface area contributed by atoms with Gasteiger partial charge in [0.2, 0.25) is 0 Å². The van der Waals surface area contributed by atoms with Gasteiger partial charge in [0.1, 0.15) is 12.4 Å². The van der Waals surface area contributed by atoms with Crippen LogP contribution in [0.4, 0.5) is 0 Å². The van der Waals surface area contributed by atoms with E-state index in [1.807, 2.05) is 30.3 Å². The van der Waals surface area contributed by atoms with Crippen molar-refractivity contribution >= 4 is 0 Å². The van der Waals surface area contributed by atoms with Gasteiger partial charge in [-0.3, -0.25) is 0 Å². The summed E-state index contributed by atoms with van der Waals surface area (Å²) in [6.45, 7) is 4.45. The van der Waals surface area contributed by atoms with Gasteiger partial charge in [-0.25, -0.2) is 0 Å². The first-order chi connectivity index (χ1) is 8.83. The molecular formula is C14H16N2O2. The molecule has 0 unspecified atom stereocenters. The van der Waals surface area contributed by atoms with Gasteiger partial charge in [-0.2, -0.15) is 0 Å². The highest BCUT2D eigenvalue weighted by atomic mass is 16.5. The Morgan fingerprint density at radius 2 is 2.22 bits per heavy atom.